The molecule has 0 aliphatic heterocycles. The van der Waals surface area contributed by atoms with Crippen LogP contribution in [0.5, 0.6) is 0 Å². The Morgan fingerprint density at radius 3 is 2.32 bits per heavy atom. The van der Waals surface area contributed by atoms with Gasteiger partial charge in [0.05, 0.1) is 4.90 Å². The molecular formula is C21H19NO5S. The molecule has 1 N–H and O–H groups in total. The predicted octanol–water partition coefficient (Wildman–Crippen LogP) is 3.06. The number of fused-ring (bicyclic) bond motifs is 1. The zero-order valence-electron chi connectivity index (χ0n) is 15.2. The van der Waals surface area contributed by atoms with Gasteiger partial charge in [-0.2, -0.15) is 4.72 Å². The number of carbonyl (C=O) groups is 2. The van der Waals surface area contributed by atoms with Crippen LogP contribution >= 0.6 is 0 Å². The molecule has 0 radical (unpaired) electrons. The van der Waals surface area contributed by atoms with Gasteiger partial charge >= 0.3 is 5.97 Å². The van der Waals surface area contributed by atoms with Crippen LogP contribution in [0.25, 0.3) is 10.8 Å². The zero-order chi connectivity index (χ0) is 20.1. The number of benzene rings is 3. The van der Waals surface area contributed by atoms with Crippen LogP contribution in [0.2, 0.25) is 0 Å². The molecule has 0 bridgehead atoms. The zero-order valence-corrected chi connectivity index (χ0v) is 16.0. The summed E-state index contributed by atoms with van der Waals surface area (Å²) in [6, 6.07) is 18.9. The molecule has 0 saturated heterocycles. The number of Topliss-reactive ketones (excluding diaryl/α,β-unsaturated/α-hetero) is 1. The van der Waals surface area contributed by atoms with Gasteiger partial charge in [-0.05, 0) is 35.4 Å². The molecule has 0 atom stereocenters. The van der Waals surface area contributed by atoms with Crippen LogP contribution in [0.1, 0.15) is 22.8 Å². The van der Waals surface area contributed by atoms with Crippen LogP contribution in [0.15, 0.2) is 71.6 Å². The summed E-state index contributed by atoms with van der Waals surface area (Å²) in [5.74, 6) is -0.842. The van der Waals surface area contributed by atoms with E-state index < -0.39 is 22.5 Å². The van der Waals surface area contributed by atoms with Gasteiger partial charge in [0.2, 0.25) is 10.0 Å². The van der Waals surface area contributed by atoms with Gasteiger partial charge in [-0.15, -0.1) is 0 Å². The van der Waals surface area contributed by atoms with E-state index in [-0.39, 0.29) is 17.3 Å². The first-order valence-electron chi connectivity index (χ1n) is 8.60. The van der Waals surface area contributed by atoms with Gasteiger partial charge in [0.15, 0.2) is 5.78 Å². The fraction of sp³-hybridized carbons (Fsp3) is 0.143. The van der Waals surface area contributed by atoms with E-state index in [1.165, 1.54) is 31.2 Å². The van der Waals surface area contributed by atoms with Crippen molar-refractivity contribution >= 4 is 32.5 Å². The van der Waals surface area contributed by atoms with Crippen LogP contribution in [-0.4, -0.2) is 26.7 Å². The van der Waals surface area contributed by atoms with Crippen molar-refractivity contribution in [3.05, 3.63) is 77.9 Å². The first-order chi connectivity index (χ1) is 13.4. The summed E-state index contributed by atoms with van der Waals surface area (Å²) in [6.45, 7) is 0.963. The highest BCUT2D eigenvalue weighted by atomic mass is 32.2. The average molecular weight is 397 g/mol. The summed E-state index contributed by atoms with van der Waals surface area (Å²) < 4.78 is 31.9. The number of hydrogen-bond acceptors (Lipinski definition) is 5. The summed E-state index contributed by atoms with van der Waals surface area (Å²) in [7, 11) is -3.88. The van der Waals surface area contributed by atoms with Gasteiger partial charge in [0.25, 0.3) is 0 Å². The van der Waals surface area contributed by atoms with Crippen molar-refractivity contribution in [2.75, 3.05) is 6.54 Å². The SMILES string of the molecule is CC(=O)c1ccc(S(=O)(=O)NCC(=O)OCc2cccc3ccccc23)cc1. The molecule has 0 aromatic heterocycles. The number of ketones is 1. The maximum absolute atomic E-state index is 12.3. The number of sulfonamides is 1. The normalized spacial score (nSPS) is 11.3. The molecule has 3 aromatic rings. The molecule has 0 unspecified atom stereocenters. The van der Waals surface area contributed by atoms with Crippen molar-refractivity contribution in [1.29, 1.82) is 0 Å². The number of carbonyl (C=O) groups excluding carboxylic acids is 2. The molecule has 0 spiro atoms. The van der Waals surface area contributed by atoms with E-state index in [9.17, 15) is 18.0 Å². The molecule has 6 nitrogen and oxygen atoms in total. The van der Waals surface area contributed by atoms with Gasteiger partial charge in [0.1, 0.15) is 13.2 Å². The van der Waals surface area contributed by atoms with Gasteiger partial charge < -0.3 is 4.74 Å². The minimum Gasteiger partial charge on any atom is -0.460 e. The molecule has 3 rings (SSSR count). The lowest BCUT2D eigenvalue weighted by atomic mass is 10.1. The van der Waals surface area contributed by atoms with E-state index >= 15 is 0 Å². The molecule has 7 heteroatoms. The number of ether oxygens (including phenoxy) is 1. The Labute approximate surface area is 163 Å². The Bertz CT molecular complexity index is 1120. The monoisotopic (exact) mass is 397 g/mol. The van der Waals surface area contributed by atoms with E-state index in [4.69, 9.17) is 4.74 Å². The molecule has 0 aliphatic rings. The molecular weight excluding hydrogens is 378 g/mol. The summed E-state index contributed by atoms with van der Waals surface area (Å²) in [4.78, 5) is 23.2. The number of hydrogen-bond donors (Lipinski definition) is 1. The van der Waals surface area contributed by atoms with Crippen LogP contribution in [0, 0.1) is 0 Å². The smallest absolute Gasteiger partial charge is 0.321 e. The highest BCUT2D eigenvalue weighted by Gasteiger charge is 2.16. The Morgan fingerprint density at radius 1 is 0.929 bits per heavy atom. The Balaban J connectivity index is 1.59. The fourth-order valence-electron chi connectivity index (χ4n) is 2.73. The van der Waals surface area contributed by atoms with Gasteiger partial charge in [-0.3, -0.25) is 9.59 Å². The van der Waals surface area contributed by atoms with Gasteiger partial charge in [-0.25, -0.2) is 8.42 Å². The second-order valence-corrected chi connectivity index (χ2v) is 7.97. The molecule has 28 heavy (non-hydrogen) atoms. The third kappa shape index (κ3) is 4.62. The standard InChI is InChI=1S/C21H19NO5S/c1-15(23)16-9-11-19(12-10-16)28(25,26)22-13-21(24)27-14-18-7-4-6-17-5-2-3-8-20(17)18/h2-12,22H,13-14H2,1H3. The largest absolute Gasteiger partial charge is 0.460 e. The fourth-order valence-corrected chi connectivity index (χ4v) is 3.70. The minimum absolute atomic E-state index is 0.0284. The molecule has 0 amide bonds. The molecule has 0 saturated carbocycles. The van der Waals surface area contributed by atoms with Crippen LogP contribution in [0.3, 0.4) is 0 Å². The van der Waals surface area contributed by atoms with E-state index in [0.29, 0.717) is 5.56 Å². The molecule has 3 aromatic carbocycles. The van der Waals surface area contributed by atoms with Crippen LogP contribution in [0.4, 0.5) is 0 Å². The highest BCUT2D eigenvalue weighted by molar-refractivity contribution is 7.89. The van der Waals surface area contributed by atoms with Crippen molar-refractivity contribution in [2.45, 2.75) is 18.4 Å². The third-order valence-electron chi connectivity index (χ3n) is 4.25. The summed E-state index contributed by atoms with van der Waals surface area (Å²) in [5.41, 5.74) is 1.25. The first-order valence-corrected chi connectivity index (χ1v) is 10.1. The Kier molecular flexibility index (Phi) is 5.87. The predicted molar refractivity (Wildman–Crippen MR) is 105 cm³/mol. The number of esters is 1. The number of rotatable bonds is 7. The first kappa shape index (κ1) is 19.7. The van der Waals surface area contributed by atoms with Gasteiger partial charge in [0, 0.05) is 5.56 Å². The lowest BCUT2D eigenvalue weighted by Gasteiger charge is -2.09. The summed E-state index contributed by atoms with van der Waals surface area (Å²) >= 11 is 0. The molecule has 0 aliphatic carbocycles. The lowest BCUT2D eigenvalue weighted by molar-refractivity contribution is -0.143. The highest BCUT2D eigenvalue weighted by Crippen LogP contribution is 2.19. The lowest BCUT2D eigenvalue weighted by Crippen LogP contribution is -2.30. The van der Waals surface area contributed by atoms with E-state index in [2.05, 4.69) is 4.72 Å². The van der Waals surface area contributed by atoms with Crippen LogP contribution in [-0.2, 0) is 26.2 Å². The van der Waals surface area contributed by atoms with E-state index in [1.807, 2.05) is 42.5 Å². The second kappa shape index (κ2) is 8.33. The van der Waals surface area contributed by atoms with E-state index in [1.54, 1.807) is 0 Å². The maximum atomic E-state index is 12.3. The second-order valence-electron chi connectivity index (χ2n) is 6.20. The third-order valence-corrected chi connectivity index (χ3v) is 5.66. The summed E-state index contributed by atoms with van der Waals surface area (Å²) in [5, 5.41) is 2.01. The number of nitrogens with one attached hydrogen (secondary N) is 1. The average Bonchev–Trinajstić information content (AvgIpc) is 2.70. The molecule has 0 heterocycles. The van der Waals surface area contributed by atoms with Crippen molar-refractivity contribution in [2.24, 2.45) is 0 Å². The topological polar surface area (TPSA) is 89.5 Å². The van der Waals surface area contributed by atoms with Crippen molar-refractivity contribution in [3.8, 4) is 0 Å². The molecule has 144 valence electrons. The van der Waals surface area contributed by atoms with Crippen LogP contribution < -0.4 is 4.72 Å². The van der Waals surface area contributed by atoms with Crippen molar-refractivity contribution in [3.63, 3.8) is 0 Å². The van der Waals surface area contributed by atoms with Crippen molar-refractivity contribution in [1.82, 2.24) is 4.72 Å². The quantitative estimate of drug-likeness (QED) is 0.489. The maximum Gasteiger partial charge on any atom is 0.321 e. The molecule has 0 fully saturated rings. The van der Waals surface area contributed by atoms with Crippen molar-refractivity contribution < 1.29 is 22.7 Å². The van der Waals surface area contributed by atoms with Gasteiger partial charge in [-0.1, -0.05) is 54.6 Å². The Morgan fingerprint density at radius 2 is 1.61 bits per heavy atom. The van der Waals surface area contributed by atoms with E-state index in [0.717, 1.165) is 16.3 Å². The minimum atomic E-state index is -3.88. The summed E-state index contributed by atoms with van der Waals surface area (Å²) in [6.07, 6.45) is 0. The Hall–Kier alpha value is -3.03.